The van der Waals surface area contributed by atoms with Crippen LogP contribution in [0.3, 0.4) is 0 Å². The molecule has 0 unspecified atom stereocenters. The quantitative estimate of drug-likeness (QED) is 0.836. The summed E-state index contributed by atoms with van der Waals surface area (Å²) < 4.78 is 0. The summed E-state index contributed by atoms with van der Waals surface area (Å²) in [5, 5.41) is 0. The van der Waals surface area contributed by atoms with Gasteiger partial charge in [0.25, 0.3) is 0 Å². The van der Waals surface area contributed by atoms with E-state index in [9.17, 15) is 4.79 Å². The van der Waals surface area contributed by atoms with Crippen molar-refractivity contribution in [1.82, 2.24) is 9.80 Å². The number of likely N-dealkylation sites (tertiary alicyclic amines) is 2. The van der Waals surface area contributed by atoms with Gasteiger partial charge in [0.05, 0.1) is 5.92 Å². The van der Waals surface area contributed by atoms with Gasteiger partial charge in [0.1, 0.15) is 0 Å². The lowest BCUT2D eigenvalue weighted by atomic mass is 9.96. The van der Waals surface area contributed by atoms with Crippen LogP contribution in [0.25, 0.3) is 0 Å². The lowest BCUT2D eigenvalue weighted by molar-refractivity contribution is -0.136. The van der Waals surface area contributed by atoms with Gasteiger partial charge in [-0.3, -0.25) is 9.69 Å². The summed E-state index contributed by atoms with van der Waals surface area (Å²) >= 11 is 0. The summed E-state index contributed by atoms with van der Waals surface area (Å²) in [5.74, 6) is 1.05. The predicted molar refractivity (Wildman–Crippen MR) is 105 cm³/mol. The molecule has 2 aromatic rings. The number of hydrogen-bond donors (Lipinski definition) is 0. The minimum absolute atomic E-state index is 0.169. The van der Waals surface area contributed by atoms with Crippen LogP contribution in [0.1, 0.15) is 36.3 Å². The molecule has 0 saturated carbocycles. The van der Waals surface area contributed by atoms with Gasteiger partial charge >= 0.3 is 0 Å². The molecule has 0 spiro atoms. The van der Waals surface area contributed by atoms with E-state index in [-0.39, 0.29) is 5.92 Å². The SMILES string of the molecule is O=C([C@H]1CCCN(Cc2ccccc2)C1)N1CC[C@H](c2ccccc2)C1. The molecule has 0 radical (unpaired) electrons. The van der Waals surface area contributed by atoms with Crippen LogP contribution in [-0.4, -0.2) is 41.9 Å². The molecule has 0 aromatic heterocycles. The summed E-state index contributed by atoms with van der Waals surface area (Å²) in [4.78, 5) is 17.6. The van der Waals surface area contributed by atoms with Crippen LogP contribution in [0.2, 0.25) is 0 Å². The van der Waals surface area contributed by atoms with Crippen molar-refractivity contribution in [3.63, 3.8) is 0 Å². The Bertz CT molecular complexity index is 716. The van der Waals surface area contributed by atoms with Gasteiger partial charge in [-0.2, -0.15) is 0 Å². The molecule has 2 fully saturated rings. The van der Waals surface area contributed by atoms with Gasteiger partial charge in [-0.25, -0.2) is 0 Å². The highest BCUT2D eigenvalue weighted by Crippen LogP contribution is 2.29. The van der Waals surface area contributed by atoms with Crippen molar-refractivity contribution in [1.29, 1.82) is 0 Å². The summed E-state index contributed by atoms with van der Waals surface area (Å²) in [7, 11) is 0. The third-order valence-corrected chi connectivity index (χ3v) is 5.87. The molecule has 2 aromatic carbocycles. The van der Waals surface area contributed by atoms with Crippen molar-refractivity contribution in [2.75, 3.05) is 26.2 Å². The smallest absolute Gasteiger partial charge is 0.226 e. The Labute approximate surface area is 156 Å². The minimum Gasteiger partial charge on any atom is -0.342 e. The molecule has 2 aliphatic rings. The molecule has 2 saturated heterocycles. The fourth-order valence-electron chi connectivity index (χ4n) is 4.46. The van der Waals surface area contributed by atoms with E-state index in [1.807, 2.05) is 0 Å². The zero-order valence-corrected chi connectivity index (χ0v) is 15.4. The number of piperidine rings is 1. The number of amides is 1. The van der Waals surface area contributed by atoms with Crippen LogP contribution < -0.4 is 0 Å². The molecule has 2 atom stereocenters. The third kappa shape index (κ3) is 3.99. The molecule has 0 bridgehead atoms. The molecule has 3 heteroatoms. The zero-order chi connectivity index (χ0) is 17.8. The molecule has 4 rings (SSSR count). The summed E-state index contributed by atoms with van der Waals surface area (Å²) in [6.45, 7) is 4.76. The molecule has 1 amide bonds. The molecule has 3 nitrogen and oxygen atoms in total. The Kier molecular flexibility index (Phi) is 5.35. The number of carbonyl (C=O) groups is 1. The van der Waals surface area contributed by atoms with E-state index < -0.39 is 0 Å². The maximum atomic E-state index is 13.1. The van der Waals surface area contributed by atoms with Crippen LogP contribution in [0.5, 0.6) is 0 Å². The number of hydrogen-bond acceptors (Lipinski definition) is 2. The maximum Gasteiger partial charge on any atom is 0.226 e. The Morgan fingerprint density at radius 1 is 0.885 bits per heavy atom. The number of benzene rings is 2. The molecule has 136 valence electrons. The first-order valence-corrected chi connectivity index (χ1v) is 9.89. The first-order valence-electron chi connectivity index (χ1n) is 9.89. The van der Waals surface area contributed by atoms with E-state index in [4.69, 9.17) is 0 Å². The van der Waals surface area contributed by atoms with Crippen molar-refractivity contribution >= 4 is 5.91 Å². The maximum absolute atomic E-state index is 13.1. The summed E-state index contributed by atoms with van der Waals surface area (Å²) in [6.07, 6.45) is 3.26. The molecular formula is C23H28N2O. The normalized spacial score (nSPS) is 23.9. The largest absolute Gasteiger partial charge is 0.342 e. The standard InChI is InChI=1S/C23H28N2O/c26-23(25-15-13-21(18-25)20-10-5-2-6-11-20)22-12-7-14-24(17-22)16-19-8-3-1-4-9-19/h1-6,8-11,21-22H,7,12-18H2/t21-,22-/m0/s1. The zero-order valence-electron chi connectivity index (χ0n) is 15.4. The highest BCUT2D eigenvalue weighted by atomic mass is 16.2. The lowest BCUT2D eigenvalue weighted by Gasteiger charge is -2.34. The van der Waals surface area contributed by atoms with E-state index in [1.165, 1.54) is 11.1 Å². The van der Waals surface area contributed by atoms with Crippen LogP contribution in [-0.2, 0) is 11.3 Å². The van der Waals surface area contributed by atoms with E-state index in [0.29, 0.717) is 11.8 Å². The highest BCUT2D eigenvalue weighted by Gasteiger charge is 2.33. The van der Waals surface area contributed by atoms with Crippen LogP contribution in [0, 0.1) is 5.92 Å². The Morgan fingerprint density at radius 2 is 1.62 bits per heavy atom. The van der Waals surface area contributed by atoms with Gasteiger partial charge in [0, 0.05) is 32.1 Å². The van der Waals surface area contributed by atoms with Crippen molar-refractivity contribution < 1.29 is 4.79 Å². The second-order valence-corrected chi connectivity index (χ2v) is 7.74. The van der Waals surface area contributed by atoms with E-state index in [2.05, 4.69) is 70.5 Å². The molecule has 2 aliphatic heterocycles. The van der Waals surface area contributed by atoms with Crippen LogP contribution in [0.15, 0.2) is 60.7 Å². The topological polar surface area (TPSA) is 23.6 Å². The first-order chi connectivity index (χ1) is 12.8. The van der Waals surface area contributed by atoms with Crippen molar-refractivity contribution in [3.8, 4) is 0 Å². The van der Waals surface area contributed by atoms with E-state index >= 15 is 0 Å². The Morgan fingerprint density at radius 3 is 2.38 bits per heavy atom. The molecular weight excluding hydrogens is 320 g/mol. The highest BCUT2D eigenvalue weighted by molar-refractivity contribution is 5.79. The molecule has 0 N–H and O–H groups in total. The van der Waals surface area contributed by atoms with Crippen molar-refractivity contribution in [2.24, 2.45) is 5.92 Å². The minimum atomic E-state index is 0.169. The van der Waals surface area contributed by atoms with Gasteiger partial charge in [0.2, 0.25) is 5.91 Å². The van der Waals surface area contributed by atoms with Crippen LogP contribution in [0.4, 0.5) is 0 Å². The van der Waals surface area contributed by atoms with Crippen molar-refractivity contribution in [3.05, 3.63) is 71.8 Å². The van der Waals surface area contributed by atoms with E-state index in [0.717, 1.165) is 52.0 Å². The van der Waals surface area contributed by atoms with Gasteiger partial charge in [0.15, 0.2) is 0 Å². The Hall–Kier alpha value is -2.13. The summed E-state index contributed by atoms with van der Waals surface area (Å²) in [6, 6.07) is 21.2. The monoisotopic (exact) mass is 348 g/mol. The lowest BCUT2D eigenvalue weighted by Crippen LogP contribution is -2.43. The number of nitrogens with zero attached hydrogens (tertiary/aromatic N) is 2. The predicted octanol–water partition coefficient (Wildman–Crippen LogP) is 3.91. The third-order valence-electron chi connectivity index (χ3n) is 5.87. The molecule has 2 heterocycles. The second-order valence-electron chi connectivity index (χ2n) is 7.74. The fraction of sp³-hybridized carbons (Fsp3) is 0.435. The fourth-order valence-corrected chi connectivity index (χ4v) is 4.46. The summed E-state index contributed by atoms with van der Waals surface area (Å²) in [5.41, 5.74) is 2.71. The van der Waals surface area contributed by atoms with Crippen molar-refractivity contribution in [2.45, 2.75) is 31.7 Å². The number of carbonyl (C=O) groups excluding carboxylic acids is 1. The average Bonchev–Trinajstić information content (AvgIpc) is 3.19. The average molecular weight is 348 g/mol. The molecule has 26 heavy (non-hydrogen) atoms. The van der Waals surface area contributed by atoms with Gasteiger partial charge in [-0.15, -0.1) is 0 Å². The van der Waals surface area contributed by atoms with Gasteiger partial charge in [-0.1, -0.05) is 60.7 Å². The van der Waals surface area contributed by atoms with Gasteiger partial charge in [-0.05, 0) is 36.9 Å². The molecule has 0 aliphatic carbocycles. The second kappa shape index (κ2) is 8.05. The Balaban J connectivity index is 1.34. The van der Waals surface area contributed by atoms with Crippen LogP contribution >= 0.6 is 0 Å². The first kappa shape index (κ1) is 17.3. The number of rotatable bonds is 4. The van der Waals surface area contributed by atoms with E-state index in [1.54, 1.807) is 0 Å². The van der Waals surface area contributed by atoms with Gasteiger partial charge < -0.3 is 4.90 Å².